The van der Waals surface area contributed by atoms with Gasteiger partial charge < -0.3 is 14.2 Å². The van der Waals surface area contributed by atoms with Crippen molar-refractivity contribution in [2.75, 3.05) is 12.4 Å². The van der Waals surface area contributed by atoms with E-state index in [4.69, 9.17) is 19.2 Å². The molecule has 0 saturated carbocycles. The van der Waals surface area contributed by atoms with Crippen molar-refractivity contribution in [3.8, 4) is 0 Å². The highest BCUT2D eigenvalue weighted by Crippen LogP contribution is 2.51. The molecule has 3 rings (SSSR count). The molecule has 34 heavy (non-hydrogen) atoms. The van der Waals surface area contributed by atoms with E-state index in [-0.39, 0.29) is 16.7 Å². The van der Waals surface area contributed by atoms with Crippen molar-refractivity contribution < 1.29 is 23.8 Å². The Kier molecular flexibility index (Phi) is 7.83. The lowest BCUT2D eigenvalue weighted by molar-refractivity contribution is -0.122. The van der Waals surface area contributed by atoms with Gasteiger partial charge in [0, 0.05) is 17.1 Å². The Labute approximate surface area is 218 Å². The topological polar surface area (TPSA) is 90.3 Å². The van der Waals surface area contributed by atoms with Crippen molar-refractivity contribution in [2.45, 2.75) is 90.6 Å². The van der Waals surface area contributed by atoms with Crippen molar-refractivity contribution >= 4 is 56.4 Å². The highest BCUT2D eigenvalue weighted by molar-refractivity contribution is 9.10. The summed E-state index contributed by atoms with van der Waals surface area (Å²) in [6.45, 7) is 15.0. The number of halogens is 1. The average molecular weight is 577 g/mol. The first-order chi connectivity index (χ1) is 15.6. The second kappa shape index (κ2) is 9.71. The van der Waals surface area contributed by atoms with E-state index < -0.39 is 28.9 Å². The summed E-state index contributed by atoms with van der Waals surface area (Å²) in [5.41, 5.74) is -2.66. The van der Waals surface area contributed by atoms with Crippen molar-refractivity contribution in [2.24, 2.45) is 10.9 Å². The molecular weight excluding hydrogens is 542 g/mol. The van der Waals surface area contributed by atoms with E-state index in [1.807, 2.05) is 5.38 Å². The lowest BCUT2D eigenvalue weighted by Crippen LogP contribution is -2.55. The van der Waals surface area contributed by atoms with E-state index in [1.165, 1.54) is 23.1 Å². The number of imide groups is 1. The average Bonchev–Trinajstić information content (AvgIpc) is 3.12. The second-order valence-corrected chi connectivity index (χ2v) is 13.6. The number of aliphatic imine (C=N–C) groups is 1. The predicted molar refractivity (Wildman–Crippen MR) is 138 cm³/mol. The molecule has 0 aliphatic carbocycles. The van der Waals surface area contributed by atoms with Crippen LogP contribution in [0.1, 0.15) is 73.2 Å². The number of hydrogen-bond donors (Lipinski definition) is 0. The summed E-state index contributed by atoms with van der Waals surface area (Å²) in [6.07, 6.45) is 0.0299. The number of carbonyl (C=O) groups is 2. The van der Waals surface area contributed by atoms with Crippen LogP contribution in [0, 0.1) is 5.92 Å². The van der Waals surface area contributed by atoms with Crippen molar-refractivity contribution in [1.82, 2.24) is 9.88 Å². The van der Waals surface area contributed by atoms with Gasteiger partial charge in [0.1, 0.15) is 26.4 Å². The molecular formula is C23H34BrN3O5S2. The van der Waals surface area contributed by atoms with Gasteiger partial charge in [-0.1, -0.05) is 18.7 Å². The van der Waals surface area contributed by atoms with Crippen LogP contribution in [-0.4, -0.2) is 56.4 Å². The monoisotopic (exact) mass is 575 g/mol. The molecule has 1 saturated heterocycles. The van der Waals surface area contributed by atoms with E-state index in [2.05, 4.69) is 34.8 Å². The van der Waals surface area contributed by atoms with E-state index >= 15 is 0 Å². The molecule has 1 aromatic rings. The summed E-state index contributed by atoms with van der Waals surface area (Å²) in [4.78, 5) is 37.0. The Balaban J connectivity index is 2.08. The Morgan fingerprint density at radius 3 is 2.26 bits per heavy atom. The van der Waals surface area contributed by atoms with E-state index in [9.17, 15) is 9.59 Å². The largest absolute Gasteiger partial charge is 0.443 e. The number of thioether (sulfide) groups is 1. The number of hydrogen-bond acceptors (Lipinski definition) is 9. The van der Waals surface area contributed by atoms with Gasteiger partial charge in [-0.3, -0.25) is 0 Å². The van der Waals surface area contributed by atoms with E-state index in [1.54, 1.807) is 41.5 Å². The summed E-state index contributed by atoms with van der Waals surface area (Å²) in [7, 11) is 0. The fourth-order valence-electron chi connectivity index (χ4n) is 3.79. The molecule has 1 fully saturated rings. The fraction of sp³-hybridized carbons (Fsp3) is 0.739. The molecule has 11 heteroatoms. The van der Waals surface area contributed by atoms with Gasteiger partial charge in [0.2, 0.25) is 0 Å². The molecule has 190 valence electrons. The molecule has 2 aliphatic rings. The molecule has 2 aliphatic heterocycles. The summed E-state index contributed by atoms with van der Waals surface area (Å²) < 4.78 is 18.2. The number of aromatic nitrogens is 1. The third-order valence-electron chi connectivity index (χ3n) is 5.64. The minimum Gasteiger partial charge on any atom is -0.443 e. The zero-order chi connectivity index (χ0) is 25.5. The second-order valence-electron chi connectivity index (χ2n) is 10.9. The third-order valence-corrected chi connectivity index (χ3v) is 8.46. The SMILES string of the molecule is CC[C@@]1(C)C[C@H]2CSC(N(C(=O)OC(C)(C)C)C(=O)OC(C)(C)C)=N[C@@]2(c2nc(Br)cs2)CO1. The number of amidine groups is 1. The zero-order valence-electron chi connectivity index (χ0n) is 21.1. The molecule has 0 bridgehead atoms. The van der Waals surface area contributed by atoms with Crippen LogP contribution in [0.25, 0.3) is 0 Å². The number of nitrogens with zero attached hydrogens (tertiary/aromatic N) is 3. The first-order valence-electron chi connectivity index (χ1n) is 11.3. The van der Waals surface area contributed by atoms with E-state index in [0.29, 0.717) is 12.4 Å². The van der Waals surface area contributed by atoms with Crippen LogP contribution in [0.15, 0.2) is 15.0 Å². The van der Waals surface area contributed by atoms with Gasteiger partial charge in [-0.25, -0.2) is 19.6 Å². The van der Waals surface area contributed by atoms with E-state index in [0.717, 1.165) is 27.4 Å². The normalized spacial score (nSPS) is 27.4. The standard InChI is InChI=1S/C23H34BrN3O5S2/c1-9-22(8)10-14-11-34-17(26-23(14,13-30-22)16-25-15(24)12-33-16)27(18(28)31-20(2,3)4)19(29)32-21(5,6)7/h12,14H,9-11,13H2,1-8H3/t14-,22-,23-/m0/s1. The van der Waals surface area contributed by atoms with Crippen molar-refractivity contribution in [3.63, 3.8) is 0 Å². The molecule has 0 spiro atoms. The Hall–Kier alpha value is -1.17. The van der Waals surface area contributed by atoms with Gasteiger partial charge in [-0.05, 0) is 77.2 Å². The number of carbonyl (C=O) groups excluding carboxylic acids is 2. The maximum absolute atomic E-state index is 13.2. The van der Waals surface area contributed by atoms with Crippen LogP contribution < -0.4 is 0 Å². The lowest BCUT2D eigenvalue weighted by Gasteiger charge is -2.49. The molecule has 0 unspecified atom stereocenters. The fourth-order valence-corrected chi connectivity index (χ4v) is 6.51. The Morgan fingerprint density at radius 1 is 1.21 bits per heavy atom. The van der Waals surface area contributed by atoms with Crippen LogP contribution in [0.2, 0.25) is 0 Å². The number of amides is 2. The number of ether oxygens (including phenoxy) is 3. The van der Waals surface area contributed by atoms with Crippen LogP contribution in [0.4, 0.5) is 9.59 Å². The van der Waals surface area contributed by atoms with Crippen LogP contribution in [-0.2, 0) is 19.7 Å². The number of fused-ring (bicyclic) bond motifs is 1. The molecule has 0 N–H and O–H groups in total. The van der Waals surface area contributed by atoms with Crippen LogP contribution in [0.5, 0.6) is 0 Å². The highest BCUT2D eigenvalue weighted by atomic mass is 79.9. The third kappa shape index (κ3) is 6.14. The summed E-state index contributed by atoms with van der Waals surface area (Å²) in [5, 5.41) is 2.93. The van der Waals surface area contributed by atoms with Crippen LogP contribution >= 0.6 is 39.0 Å². The lowest BCUT2D eigenvalue weighted by atomic mass is 9.75. The van der Waals surface area contributed by atoms with Crippen molar-refractivity contribution in [3.05, 3.63) is 15.0 Å². The van der Waals surface area contributed by atoms with Crippen LogP contribution in [0.3, 0.4) is 0 Å². The predicted octanol–water partition coefficient (Wildman–Crippen LogP) is 6.58. The van der Waals surface area contributed by atoms with Gasteiger partial charge in [0.15, 0.2) is 5.17 Å². The summed E-state index contributed by atoms with van der Waals surface area (Å²) in [5.74, 6) is 0.772. The summed E-state index contributed by atoms with van der Waals surface area (Å²) >= 11 is 6.30. The molecule has 0 radical (unpaired) electrons. The number of rotatable bonds is 2. The molecule has 3 atom stereocenters. The zero-order valence-corrected chi connectivity index (χ0v) is 24.3. The molecule has 0 aromatic carbocycles. The van der Waals surface area contributed by atoms with Gasteiger partial charge in [0.25, 0.3) is 0 Å². The van der Waals surface area contributed by atoms with Gasteiger partial charge in [-0.2, -0.15) is 4.90 Å². The quantitative estimate of drug-likeness (QED) is 0.393. The first kappa shape index (κ1) is 27.4. The number of thiazole rings is 1. The molecule has 1 aromatic heterocycles. The smallest absolute Gasteiger partial charge is 0.426 e. The minimum atomic E-state index is -0.822. The first-order valence-corrected chi connectivity index (χ1v) is 14.0. The van der Waals surface area contributed by atoms with Gasteiger partial charge in [0.05, 0.1) is 12.2 Å². The minimum absolute atomic E-state index is 0.122. The van der Waals surface area contributed by atoms with Crippen molar-refractivity contribution in [1.29, 1.82) is 0 Å². The van der Waals surface area contributed by atoms with Gasteiger partial charge >= 0.3 is 12.2 Å². The molecule has 3 heterocycles. The Bertz CT molecular complexity index is 943. The maximum atomic E-state index is 13.2. The highest BCUT2D eigenvalue weighted by Gasteiger charge is 2.54. The Morgan fingerprint density at radius 2 is 1.79 bits per heavy atom. The van der Waals surface area contributed by atoms with Gasteiger partial charge in [-0.15, -0.1) is 11.3 Å². The molecule has 2 amide bonds. The maximum Gasteiger partial charge on any atom is 0.426 e. The molecule has 8 nitrogen and oxygen atoms in total. The summed E-state index contributed by atoms with van der Waals surface area (Å²) in [6, 6.07) is 0.